The first kappa shape index (κ1) is 75.4. The minimum atomic E-state index is -4.26. The second kappa shape index (κ2) is 32.3. The van der Waals surface area contributed by atoms with Crippen LogP contribution in [0.15, 0.2) is 221 Å². The summed E-state index contributed by atoms with van der Waals surface area (Å²) in [4.78, 5) is 36.0. The van der Waals surface area contributed by atoms with Gasteiger partial charge in [-0.1, -0.05) is 84.9 Å². The Kier molecular flexibility index (Phi) is 24.9. The summed E-state index contributed by atoms with van der Waals surface area (Å²) in [6.07, 6.45) is 0. The Morgan fingerprint density at radius 1 is 0.337 bits per heavy atom. The smallest absolute Gasteiger partial charge is 0.329 e. The van der Waals surface area contributed by atoms with Gasteiger partial charge in [-0.25, -0.2) is 53.8 Å². The van der Waals surface area contributed by atoms with E-state index in [0.717, 1.165) is 50.6 Å². The van der Waals surface area contributed by atoms with Crippen LogP contribution in [-0.2, 0) is 30.1 Å². The topological polar surface area (TPSA) is 307 Å². The highest BCUT2D eigenvalue weighted by Gasteiger charge is 2.29. The monoisotopic (exact) mass is 1500 g/mol. The average Bonchev–Trinajstić information content (AvgIpc) is 0.811. The molecule has 98 heavy (non-hydrogen) atoms. The van der Waals surface area contributed by atoms with E-state index in [0.29, 0.717) is 20.8 Å². The van der Waals surface area contributed by atoms with Crippen molar-refractivity contribution < 1.29 is 68.1 Å². The Balaban J connectivity index is 0.000000207. The van der Waals surface area contributed by atoms with E-state index in [1.807, 2.05) is 147 Å². The summed E-state index contributed by atoms with van der Waals surface area (Å²) in [6.45, 7) is 15.8. The number of carbonyl (C=O) groups is 3. The number of hydrogen-bond donors (Lipinski definition) is 7. The normalized spacial score (nSPS) is 11.5. The number of hydrogen-bond acceptors (Lipinski definition) is 16. The van der Waals surface area contributed by atoms with Crippen LogP contribution in [0, 0.1) is 3.57 Å². The van der Waals surface area contributed by atoms with E-state index in [-0.39, 0.29) is 37.6 Å². The van der Waals surface area contributed by atoms with Crippen molar-refractivity contribution in [3.63, 3.8) is 0 Å². The Labute approximate surface area is 586 Å². The summed E-state index contributed by atoms with van der Waals surface area (Å²) >= 11 is 2.01. The number of methoxy groups -OCH3 is 3. The molecule has 8 N–H and O–H groups in total. The van der Waals surface area contributed by atoms with Gasteiger partial charge in [-0.2, -0.15) is 0 Å². The van der Waals surface area contributed by atoms with Gasteiger partial charge in [0, 0.05) is 25.9 Å². The van der Waals surface area contributed by atoms with Crippen LogP contribution in [0.1, 0.15) is 62.3 Å². The lowest BCUT2D eigenvalue weighted by Crippen LogP contribution is -2.48. The third-order valence-electron chi connectivity index (χ3n) is 13.2. The molecule has 0 saturated heterocycles. The molecule has 0 spiro atoms. The molecular formula is C72H78IN7O15S3. The van der Waals surface area contributed by atoms with Crippen molar-refractivity contribution >= 4 is 76.4 Å². The zero-order chi connectivity index (χ0) is 71.8. The number of halogens is 1. The Bertz CT molecular complexity index is 4440. The summed E-state index contributed by atoms with van der Waals surface area (Å²) in [5, 5.41) is 7.70. The van der Waals surface area contributed by atoms with Crippen molar-refractivity contribution in [1.82, 2.24) is 30.1 Å². The molecule has 0 heterocycles. The number of para-hydroxylation sites is 1. The average molecular weight is 1500 g/mol. The molecule has 0 aromatic heterocycles. The van der Waals surface area contributed by atoms with E-state index >= 15 is 0 Å². The molecule has 22 nitrogen and oxygen atoms in total. The van der Waals surface area contributed by atoms with Gasteiger partial charge in [0.2, 0.25) is 0 Å². The summed E-state index contributed by atoms with van der Waals surface area (Å²) in [5.74, 6) is 3.84. The number of urea groups is 3. The molecule has 0 aliphatic heterocycles. The van der Waals surface area contributed by atoms with Crippen molar-refractivity contribution in [2.24, 2.45) is 0 Å². The van der Waals surface area contributed by atoms with Gasteiger partial charge in [0.25, 0.3) is 30.1 Å². The molecule has 9 aromatic rings. The number of nitrogen functional groups attached to an aromatic ring is 1. The van der Waals surface area contributed by atoms with Crippen molar-refractivity contribution in [3.05, 3.63) is 210 Å². The van der Waals surface area contributed by atoms with Crippen LogP contribution in [0.5, 0.6) is 51.7 Å². The maximum Gasteiger partial charge on any atom is 0.329 e. The molecule has 9 rings (SSSR count). The van der Waals surface area contributed by atoms with Crippen molar-refractivity contribution in [2.45, 2.75) is 93.6 Å². The third-order valence-corrected chi connectivity index (χ3v) is 17.9. The zero-order valence-electron chi connectivity index (χ0n) is 55.9. The Morgan fingerprint density at radius 3 is 0.980 bits per heavy atom. The van der Waals surface area contributed by atoms with Crippen molar-refractivity contribution in [3.8, 4) is 85.1 Å². The molecule has 0 unspecified atom stereocenters. The van der Waals surface area contributed by atoms with Crippen molar-refractivity contribution in [1.29, 1.82) is 0 Å². The molecule has 516 valence electrons. The van der Waals surface area contributed by atoms with Crippen LogP contribution in [0.4, 0.5) is 20.1 Å². The Hall–Kier alpha value is -10.0. The summed E-state index contributed by atoms with van der Waals surface area (Å²) < 4.78 is 118. The van der Waals surface area contributed by atoms with E-state index in [4.69, 9.17) is 34.2 Å². The number of amides is 6. The van der Waals surface area contributed by atoms with Gasteiger partial charge < -0.3 is 50.1 Å². The molecule has 0 aliphatic carbocycles. The number of sulfonamides is 3. The predicted octanol–water partition coefficient (Wildman–Crippen LogP) is 15.0. The molecule has 0 atom stereocenters. The van der Waals surface area contributed by atoms with Gasteiger partial charge >= 0.3 is 18.1 Å². The highest BCUT2D eigenvalue weighted by molar-refractivity contribution is 14.1. The molecule has 0 radical (unpaired) electrons. The number of ether oxygens (including phenoxy) is 6. The lowest BCUT2D eigenvalue weighted by Gasteiger charge is -2.21. The molecule has 0 aliphatic rings. The molecule has 0 bridgehead atoms. The van der Waals surface area contributed by atoms with Crippen molar-refractivity contribution in [2.75, 3.05) is 27.1 Å². The van der Waals surface area contributed by atoms with Crippen LogP contribution >= 0.6 is 22.6 Å². The minimum absolute atomic E-state index is 0.0344. The fraction of sp³-hybridized carbons (Fsp3) is 0.208. The van der Waals surface area contributed by atoms with E-state index in [9.17, 15) is 39.6 Å². The summed E-state index contributed by atoms with van der Waals surface area (Å²) in [5.41, 5.74) is 9.75. The third kappa shape index (κ3) is 22.8. The van der Waals surface area contributed by atoms with Crippen LogP contribution in [0.3, 0.4) is 0 Å². The van der Waals surface area contributed by atoms with Gasteiger partial charge in [0.15, 0.2) is 0 Å². The first-order chi connectivity index (χ1) is 46.0. The maximum absolute atomic E-state index is 13.0. The number of rotatable bonds is 18. The fourth-order valence-electron chi connectivity index (χ4n) is 8.93. The Morgan fingerprint density at radius 2 is 0.643 bits per heavy atom. The van der Waals surface area contributed by atoms with Crippen LogP contribution in [0.2, 0.25) is 0 Å². The largest absolute Gasteiger partial charge is 0.497 e. The lowest BCUT2D eigenvalue weighted by atomic mass is 10.1. The molecule has 0 fully saturated rings. The first-order valence-corrected chi connectivity index (χ1v) is 35.6. The standard InChI is InChI=1S/C24H25IN2O5S.C24H27N3O5S.C24H26N2O5S/c2*1-24(2,3)26-23(28)27-33(29,30)22-15-18(25)10-13-21(22)32-20-7-5-6-17(14-20)16-8-11-19(31-4)12-9-16;1-24(2,3)25-23(27)26-32(28,29)22-11-6-5-10-21(22)31-20-9-7-8-18(16-20)17-12-14-19(30-4)15-13-17/h5-15H,1-4H3,(H2,26,27,28);5-15H,25H2,1-4H3,(H2,26,27,28);5-16H,1-4H3,(H2,25,26,27). The van der Waals surface area contributed by atoms with Gasteiger partial charge in [0.05, 0.1) is 21.3 Å². The maximum atomic E-state index is 13.0. The molecular weight excluding hydrogens is 1430 g/mol. The number of anilines is 1. The van der Waals surface area contributed by atoms with E-state index < -0.39 is 64.8 Å². The number of benzene rings is 9. The second-order valence-corrected chi connectivity index (χ2v) is 30.9. The SMILES string of the molecule is COc1ccc(-c2cccc(Oc3ccc(I)cc3S(=O)(=O)NC(=O)NC(C)(C)C)c2)cc1.COc1ccc(-c2cccc(Oc3ccc(N)cc3S(=O)(=O)NC(=O)NC(C)(C)C)c2)cc1.COc1ccc(-c2cccc(Oc3ccccc3S(=O)(=O)NC(=O)NC(C)(C)C)c2)cc1. The van der Waals surface area contributed by atoms with Gasteiger partial charge in [-0.3, -0.25) is 0 Å². The zero-order valence-corrected chi connectivity index (χ0v) is 60.5. The fourth-order valence-corrected chi connectivity index (χ4v) is 12.8. The van der Waals surface area contributed by atoms with Crippen LogP contribution < -0.4 is 64.3 Å². The number of carbonyl (C=O) groups excluding carboxylic acids is 3. The van der Waals surface area contributed by atoms with Gasteiger partial charge in [-0.05, 0) is 240 Å². The highest BCUT2D eigenvalue weighted by atomic mass is 127. The molecule has 0 saturated carbocycles. The first-order valence-electron chi connectivity index (χ1n) is 30.1. The highest BCUT2D eigenvalue weighted by Crippen LogP contribution is 2.37. The summed E-state index contributed by atoms with van der Waals surface area (Å²) in [6, 6.07) is 57.1. The van der Waals surface area contributed by atoms with Crippen LogP contribution in [0.25, 0.3) is 33.4 Å². The second-order valence-electron chi connectivity index (χ2n) is 24.7. The van der Waals surface area contributed by atoms with Gasteiger partial charge in [0.1, 0.15) is 66.4 Å². The summed E-state index contributed by atoms with van der Waals surface area (Å²) in [7, 11) is -7.77. The minimum Gasteiger partial charge on any atom is -0.497 e. The number of nitrogens with two attached hydrogens (primary N) is 1. The van der Waals surface area contributed by atoms with Crippen LogP contribution in [-0.4, -0.2) is 81.3 Å². The molecule has 6 amide bonds. The van der Waals surface area contributed by atoms with E-state index in [1.165, 1.54) is 36.4 Å². The number of nitrogens with one attached hydrogen (secondary N) is 6. The molecule has 26 heteroatoms. The van der Waals surface area contributed by atoms with E-state index in [2.05, 4.69) is 20.7 Å². The van der Waals surface area contributed by atoms with Gasteiger partial charge in [-0.15, -0.1) is 0 Å². The molecule has 9 aromatic carbocycles. The lowest BCUT2D eigenvalue weighted by molar-refractivity contribution is 0.236. The predicted molar refractivity (Wildman–Crippen MR) is 388 cm³/mol. The quantitative estimate of drug-likeness (QED) is 0.0310. The van der Waals surface area contributed by atoms with E-state index in [1.54, 1.807) is 138 Å².